The first kappa shape index (κ1) is 26.2. The molecule has 0 unspecified atom stereocenters. The highest BCUT2D eigenvalue weighted by Gasteiger charge is 2.17. The van der Waals surface area contributed by atoms with Crippen LogP contribution in [0, 0.1) is 11.3 Å². The number of carbonyl (C=O) groups excluding carboxylic acids is 1. The third-order valence-corrected chi connectivity index (χ3v) is 7.89. The van der Waals surface area contributed by atoms with E-state index >= 15 is 0 Å². The molecule has 194 valence electrons. The van der Waals surface area contributed by atoms with Crippen molar-refractivity contribution in [2.75, 3.05) is 25.3 Å². The lowest BCUT2D eigenvalue weighted by Gasteiger charge is -2.13. The first-order chi connectivity index (χ1) is 19.1. The number of fused-ring (bicyclic) bond motifs is 1. The van der Waals surface area contributed by atoms with Gasteiger partial charge in [-0.05, 0) is 42.0 Å². The molecule has 0 aliphatic carbocycles. The van der Waals surface area contributed by atoms with E-state index in [-0.39, 0.29) is 12.3 Å². The van der Waals surface area contributed by atoms with Gasteiger partial charge in [0.05, 0.1) is 35.7 Å². The van der Waals surface area contributed by atoms with Gasteiger partial charge in [0.25, 0.3) is 0 Å². The summed E-state index contributed by atoms with van der Waals surface area (Å²) in [5, 5.41) is 14.1. The number of thioether (sulfide) groups is 1. The minimum Gasteiger partial charge on any atom is -0.497 e. The normalized spacial score (nSPS) is 10.7. The molecule has 0 atom stereocenters. The first-order valence-electron chi connectivity index (χ1n) is 12.1. The number of aromatic nitrogens is 2. The summed E-state index contributed by atoms with van der Waals surface area (Å²) in [6.07, 6.45) is 0.240. The number of methoxy groups -OCH3 is 2. The van der Waals surface area contributed by atoms with Gasteiger partial charge < -0.3 is 14.8 Å². The number of amides is 1. The molecule has 0 bridgehead atoms. The Morgan fingerprint density at radius 2 is 1.69 bits per heavy atom. The van der Waals surface area contributed by atoms with Crippen molar-refractivity contribution >= 4 is 44.4 Å². The zero-order valence-corrected chi connectivity index (χ0v) is 22.9. The number of carbonyl (C=O) groups is 1. The molecule has 0 radical (unpaired) electrons. The topological polar surface area (TPSA) is 97.1 Å². The van der Waals surface area contributed by atoms with E-state index in [1.807, 2.05) is 78.9 Å². The van der Waals surface area contributed by atoms with Gasteiger partial charge in [-0.1, -0.05) is 53.8 Å². The van der Waals surface area contributed by atoms with Crippen molar-refractivity contribution in [1.82, 2.24) is 9.97 Å². The van der Waals surface area contributed by atoms with Gasteiger partial charge in [-0.3, -0.25) is 4.79 Å². The van der Waals surface area contributed by atoms with E-state index in [9.17, 15) is 10.1 Å². The summed E-state index contributed by atoms with van der Waals surface area (Å²) in [6.45, 7) is 0. The molecule has 3 aromatic carbocycles. The Labute approximate surface area is 234 Å². The third-order valence-electron chi connectivity index (χ3n) is 5.98. The molecule has 39 heavy (non-hydrogen) atoms. The summed E-state index contributed by atoms with van der Waals surface area (Å²) in [5.74, 6) is 1.78. The first-order valence-corrected chi connectivity index (χ1v) is 13.9. The van der Waals surface area contributed by atoms with Gasteiger partial charge >= 0.3 is 0 Å². The van der Waals surface area contributed by atoms with Crippen LogP contribution < -0.4 is 14.8 Å². The van der Waals surface area contributed by atoms with E-state index < -0.39 is 0 Å². The maximum absolute atomic E-state index is 12.7. The largest absolute Gasteiger partial charge is 0.497 e. The molecule has 7 nitrogen and oxygen atoms in total. The molecule has 0 aliphatic rings. The molecule has 1 N–H and O–H groups in total. The van der Waals surface area contributed by atoms with Crippen LogP contribution in [0.5, 0.6) is 11.5 Å². The fourth-order valence-corrected chi connectivity index (χ4v) is 5.85. The zero-order valence-electron chi connectivity index (χ0n) is 21.3. The number of nitriles is 1. The predicted molar refractivity (Wildman–Crippen MR) is 157 cm³/mol. The van der Waals surface area contributed by atoms with Crippen LogP contribution in [0.25, 0.3) is 32.6 Å². The van der Waals surface area contributed by atoms with Gasteiger partial charge in [-0.15, -0.1) is 11.8 Å². The van der Waals surface area contributed by atoms with Crippen molar-refractivity contribution in [2.45, 2.75) is 11.4 Å². The van der Waals surface area contributed by atoms with Crippen LogP contribution >= 0.6 is 23.1 Å². The molecule has 5 rings (SSSR count). The van der Waals surface area contributed by atoms with Gasteiger partial charge in [0, 0.05) is 23.3 Å². The Morgan fingerprint density at radius 3 is 2.41 bits per heavy atom. The number of pyridine rings is 1. The molecule has 0 saturated carbocycles. The van der Waals surface area contributed by atoms with E-state index in [0.29, 0.717) is 21.5 Å². The standard InChI is InChI=1S/C30H24N4O3S2/c1-36-21-10-8-19(9-11-21)23-17-26(20-6-4-3-5-7-20)32-29(24(23)18-31)38-15-14-28(35)34-30-33-25-13-12-22(37-2)16-27(25)39-30/h3-13,16-17H,14-15H2,1-2H3,(H,33,34,35). The fraction of sp³-hybridized carbons (Fsp3) is 0.133. The number of nitrogens with zero attached hydrogens (tertiary/aromatic N) is 3. The molecule has 0 saturated heterocycles. The maximum Gasteiger partial charge on any atom is 0.226 e. The molecule has 1 amide bonds. The minimum absolute atomic E-state index is 0.151. The Balaban J connectivity index is 1.36. The molecule has 5 aromatic rings. The predicted octanol–water partition coefficient (Wildman–Crippen LogP) is 7.04. The highest BCUT2D eigenvalue weighted by Crippen LogP contribution is 2.35. The number of hydrogen-bond acceptors (Lipinski definition) is 8. The van der Waals surface area contributed by atoms with Crippen LogP contribution in [-0.2, 0) is 4.79 Å². The van der Waals surface area contributed by atoms with Crippen LogP contribution in [0.15, 0.2) is 83.9 Å². The molecule has 9 heteroatoms. The van der Waals surface area contributed by atoms with Crippen molar-refractivity contribution in [1.29, 1.82) is 5.26 Å². The monoisotopic (exact) mass is 552 g/mol. The van der Waals surface area contributed by atoms with Crippen LogP contribution in [0.2, 0.25) is 0 Å². The lowest BCUT2D eigenvalue weighted by Crippen LogP contribution is -2.12. The molecule has 0 aliphatic heterocycles. The Morgan fingerprint density at radius 1 is 0.949 bits per heavy atom. The van der Waals surface area contributed by atoms with Gasteiger partial charge in [-0.25, -0.2) is 9.97 Å². The third kappa shape index (κ3) is 6.03. The quantitative estimate of drug-likeness (QED) is 0.196. The number of benzene rings is 3. The molecular formula is C30H24N4O3S2. The minimum atomic E-state index is -0.151. The molecule has 0 fully saturated rings. The van der Waals surface area contributed by atoms with E-state index in [4.69, 9.17) is 14.5 Å². The maximum atomic E-state index is 12.7. The number of anilines is 1. The lowest BCUT2D eigenvalue weighted by atomic mass is 9.99. The zero-order chi connectivity index (χ0) is 27.2. The number of hydrogen-bond donors (Lipinski definition) is 1. The Bertz CT molecular complexity index is 1660. The average Bonchev–Trinajstić information content (AvgIpc) is 3.38. The van der Waals surface area contributed by atoms with Crippen LogP contribution in [-0.4, -0.2) is 35.8 Å². The number of nitrogens with one attached hydrogen (secondary N) is 1. The second-order valence-corrected chi connectivity index (χ2v) is 10.6. The fourth-order valence-electron chi connectivity index (χ4n) is 4.00. The number of ether oxygens (including phenoxy) is 2. The molecule has 0 spiro atoms. The van der Waals surface area contributed by atoms with Gasteiger partial charge in [-0.2, -0.15) is 5.26 Å². The summed E-state index contributed by atoms with van der Waals surface area (Å²) >= 11 is 2.79. The lowest BCUT2D eigenvalue weighted by molar-refractivity contribution is -0.115. The summed E-state index contributed by atoms with van der Waals surface area (Å²) in [5.41, 5.74) is 4.66. The number of rotatable bonds is 9. The smallest absolute Gasteiger partial charge is 0.226 e. The van der Waals surface area contributed by atoms with Crippen LogP contribution in [0.1, 0.15) is 12.0 Å². The highest BCUT2D eigenvalue weighted by atomic mass is 32.2. The summed E-state index contributed by atoms with van der Waals surface area (Å²) in [7, 11) is 3.24. The summed E-state index contributed by atoms with van der Waals surface area (Å²) in [6, 6.07) is 27.3. The molecular weight excluding hydrogens is 528 g/mol. The highest BCUT2D eigenvalue weighted by molar-refractivity contribution is 7.99. The van der Waals surface area contributed by atoms with Gasteiger partial charge in [0.15, 0.2) is 5.13 Å². The van der Waals surface area contributed by atoms with Crippen molar-refractivity contribution in [3.05, 3.63) is 84.4 Å². The van der Waals surface area contributed by atoms with E-state index in [1.165, 1.54) is 23.1 Å². The van der Waals surface area contributed by atoms with Crippen molar-refractivity contribution in [3.63, 3.8) is 0 Å². The summed E-state index contributed by atoms with van der Waals surface area (Å²) in [4.78, 5) is 22.0. The summed E-state index contributed by atoms with van der Waals surface area (Å²) < 4.78 is 11.5. The van der Waals surface area contributed by atoms with Gasteiger partial charge in [0.2, 0.25) is 5.91 Å². The second-order valence-electron chi connectivity index (χ2n) is 8.44. The Kier molecular flexibility index (Phi) is 8.06. The molecule has 2 heterocycles. The van der Waals surface area contributed by atoms with Crippen LogP contribution in [0.4, 0.5) is 5.13 Å². The van der Waals surface area contributed by atoms with E-state index in [2.05, 4.69) is 16.4 Å². The van der Waals surface area contributed by atoms with Crippen molar-refractivity contribution in [2.24, 2.45) is 0 Å². The van der Waals surface area contributed by atoms with Gasteiger partial charge in [0.1, 0.15) is 22.6 Å². The van der Waals surface area contributed by atoms with Crippen molar-refractivity contribution < 1.29 is 14.3 Å². The SMILES string of the molecule is COc1ccc(-c2cc(-c3ccccc3)nc(SCCC(=O)Nc3nc4ccc(OC)cc4s3)c2C#N)cc1. The Hall–Kier alpha value is -4.39. The van der Waals surface area contributed by atoms with Crippen molar-refractivity contribution in [3.8, 4) is 40.0 Å². The number of thiazole rings is 1. The van der Waals surface area contributed by atoms with E-state index in [0.717, 1.165) is 44.1 Å². The molecule has 2 aromatic heterocycles. The van der Waals surface area contributed by atoms with Crippen LogP contribution in [0.3, 0.4) is 0 Å². The van der Waals surface area contributed by atoms with E-state index in [1.54, 1.807) is 14.2 Å². The second kappa shape index (κ2) is 12.0. The average molecular weight is 553 g/mol.